The van der Waals surface area contributed by atoms with Crippen LogP contribution >= 0.6 is 0 Å². The van der Waals surface area contributed by atoms with Crippen LogP contribution in [0.3, 0.4) is 0 Å². The Labute approximate surface area is 170 Å². The van der Waals surface area contributed by atoms with Crippen LogP contribution in [-0.2, 0) is 11.3 Å². The number of nitrogens with one attached hydrogen (secondary N) is 2. The largest absolute Gasteiger partial charge is 0.377 e. The van der Waals surface area contributed by atoms with E-state index in [1.807, 2.05) is 90.6 Å². The highest BCUT2D eigenvalue weighted by Gasteiger charge is 2.23. The van der Waals surface area contributed by atoms with Crippen LogP contribution < -0.4 is 15.5 Å². The van der Waals surface area contributed by atoms with Gasteiger partial charge in [0.15, 0.2) is 0 Å². The monoisotopic (exact) mass is 390 g/mol. The quantitative estimate of drug-likeness (QED) is 0.723. The lowest BCUT2D eigenvalue weighted by atomic mass is 10.1. The molecule has 0 aliphatic carbocycles. The highest BCUT2D eigenvalue weighted by atomic mass is 16.2. The van der Waals surface area contributed by atoms with Crippen molar-refractivity contribution >= 4 is 23.3 Å². The Morgan fingerprint density at radius 3 is 2.14 bits per heavy atom. The smallest absolute Gasteiger partial charge is 0.318 e. The number of hydrogen-bond acceptors (Lipinski definition) is 3. The molecule has 0 spiro atoms. The van der Waals surface area contributed by atoms with E-state index in [1.165, 1.54) is 0 Å². The Bertz CT molecular complexity index is 676. The second-order valence-electron chi connectivity index (χ2n) is 9.29. The van der Waals surface area contributed by atoms with E-state index in [2.05, 4.69) is 10.6 Å². The van der Waals surface area contributed by atoms with Gasteiger partial charge in [0.2, 0.25) is 5.91 Å². The summed E-state index contributed by atoms with van der Waals surface area (Å²) >= 11 is 0. The Kier molecular flexibility index (Phi) is 8.33. The van der Waals surface area contributed by atoms with E-state index >= 15 is 0 Å². The third kappa shape index (κ3) is 7.79. The van der Waals surface area contributed by atoms with Crippen molar-refractivity contribution in [2.75, 3.05) is 24.3 Å². The Hall–Kier alpha value is -2.24. The number of anilines is 2. The molecule has 0 bridgehead atoms. The Morgan fingerprint density at radius 2 is 1.68 bits per heavy atom. The lowest BCUT2D eigenvalue weighted by Crippen LogP contribution is -2.50. The fraction of sp³-hybridized carbons (Fsp3) is 0.636. The van der Waals surface area contributed by atoms with Gasteiger partial charge in [0.1, 0.15) is 0 Å². The van der Waals surface area contributed by atoms with E-state index in [0.29, 0.717) is 18.9 Å². The first kappa shape index (κ1) is 23.8. The van der Waals surface area contributed by atoms with Crippen molar-refractivity contribution in [3.05, 3.63) is 23.8 Å². The minimum absolute atomic E-state index is 0.00439. The number of benzene rings is 1. The molecule has 0 heterocycles. The zero-order valence-electron chi connectivity index (χ0n) is 19.0. The molecule has 1 rings (SSSR count). The third-order valence-corrected chi connectivity index (χ3v) is 4.15. The molecule has 0 aliphatic heterocycles. The molecule has 0 saturated heterocycles. The maximum absolute atomic E-state index is 12.8. The normalized spacial score (nSPS) is 11.5. The molecule has 0 aromatic heterocycles. The summed E-state index contributed by atoms with van der Waals surface area (Å²) in [6, 6.07) is 5.80. The second-order valence-corrected chi connectivity index (χ2v) is 9.29. The minimum Gasteiger partial charge on any atom is -0.377 e. The van der Waals surface area contributed by atoms with E-state index in [9.17, 15) is 9.59 Å². The van der Waals surface area contributed by atoms with Gasteiger partial charge in [0.05, 0.1) is 0 Å². The van der Waals surface area contributed by atoms with Gasteiger partial charge in [-0.25, -0.2) is 4.79 Å². The third-order valence-electron chi connectivity index (χ3n) is 4.15. The van der Waals surface area contributed by atoms with Crippen LogP contribution in [0, 0.1) is 5.92 Å². The molecule has 0 fully saturated rings. The van der Waals surface area contributed by atoms with Gasteiger partial charge in [0, 0.05) is 50.0 Å². The molecular formula is C22H38N4O2. The first-order valence-electron chi connectivity index (χ1n) is 9.99. The van der Waals surface area contributed by atoms with E-state index < -0.39 is 0 Å². The zero-order chi connectivity index (χ0) is 21.6. The number of carbonyl (C=O) groups is 2. The number of rotatable bonds is 7. The van der Waals surface area contributed by atoms with Gasteiger partial charge < -0.3 is 20.4 Å². The lowest BCUT2D eigenvalue weighted by molar-refractivity contribution is -0.116. The molecule has 0 unspecified atom stereocenters. The van der Waals surface area contributed by atoms with Gasteiger partial charge in [-0.05, 0) is 64.3 Å². The molecule has 1 aromatic carbocycles. The van der Waals surface area contributed by atoms with Gasteiger partial charge in [-0.3, -0.25) is 4.79 Å². The molecule has 3 amide bonds. The predicted octanol–water partition coefficient (Wildman–Crippen LogP) is 4.46. The van der Waals surface area contributed by atoms with Crippen molar-refractivity contribution in [2.24, 2.45) is 5.92 Å². The average Bonchev–Trinajstić information content (AvgIpc) is 2.49. The fourth-order valence-corrected chi connectivity index (χ4v) is 2.87. The summed E-state index contributed by atoms with van der Waals surface area (Å²) in [6.45, 7) is 14.4. The maximum atomic E-state index is 12.8. The number of amides is 3. The van der Waals surface area contributed by atoms with Crippen molar-refractivity contribution in [3.8, 4) is 0 Å². The summed E-state index contributed by atoms with van der Waals surface area (Å²) in [4.78, 5) is 28.8. The first-order valence-corrected chi connectivity index (χ1v) is 9.99. The molecule has 158 valence electrons. The maximum Gasteiger partial charge on any atom is 0.318 e. The zero-order valence-corrected chi connectivity index (χ0v) is 19.0. The molecule has 0 atom stereocenters. The number of carbonyl (C=O) groups excluding carboxylic acids is 2. The minimum atomic E-state index is -0.304. The topological polar surface area (TPSA) is 64.7 Å². The molecule has 6 nitrogen and oxygen atoms in total. The van der Waals surface area contributed by atoms with Gasteiger partial charge in [-0.15, -0.1) is 0 Å². The standard InChI is InChI=1S/C22H38N4O2/c1-15(2)12-20(27)23-18-10-11-19(25(8)9)17(13-18)14-26(16(3)4)21(28)24-22(5,6)7/h10-11,13,15-16H,12,14H2,1-9H3,(H,23,27)(H,24,28). The molecule has 0 saturated carbocycles. The van der Waals surface area contributed by atoms with Gasteiger partial charge in [0.25, 0.3) is 0 Å². The Morgan fingerprint density at radius 1 is 1.07 bits per heavy atom. The molecule has 6 heteroatoms. The molecular weight excluding hydrogens is 352 g/mol. The highest BCUT2D eigenvalue weighted by molar-refractivity contribution is 5.91. The van der Waals surface area contributed by atoms with Crippen molar-refractivity contribution in [2.45, 2.75) is 73.0 Å². The second kappa shape index (κ2) is 9.80. The Balaban J connectivity index is 3.14. The average molecular weight is 391 g/mol. The van der Waals surface area contributed by atoms with Gasteiger partial charge >= 0.3 is 6.03 Å². The van der Waals surface area contributed by atoms with Crippen LogP contribution in [-0.4, -0.2) is 42.5 Å². The van der Waals surface area contributed by atoms with Crippen LogP contribution in [0.1, 0.15) is 60.5 Å². The van der Waals surface area contributed by atoms with Crippen molar-refractivity contribution < 1.29 is 9.59 Å². The molecule has 1 aromatic rings. The van der Waals surface area contributed by atoms with Gasteiger partial charge in [-0.1, -0.05) is 13.8 Å². The first-order chi connectivity index (χ1) is 12.8. The van der Waals surface area contributed by atoms with Crippen molar-refractivity contribution in [1.29, 1.82) is 0 Å². The number of nitrogens with zero attached hydrogens (tertiary/aromatic N) is 2. The molecule has 0 aliphatic rings. The summed E-state index contributed by atoms with van der Waals surface area (Å²) in [6.07, 6.45) is 0.483. The summed E-state index contributed by atoms with van der Waals surface area (Å²) in [5.41, 5.74) is 2.47. The van der Waals surface area contributed by atoms with E-state index in [4.69, 9.17) is 0 Å². The number of urea groups is 1. The molecule has 0 radical (unpaired) electrons. The van der Waals surface area contributed by atoms with Crippen LogP contribution in [0.2, 0.25) is 0 Å². The van der Waals surface area contributed by atoms with Crippen LogP contribution in [0.25, 0.3) is 0 Å². The molecule has 28 heavy (non-hydrogen) atoms. The van der Waals surface area contributed by atoms with Gasteiger partial charge in [-0.2, -0.15) is 0 Å². The summed E-state index contributed by atoms with van der Waals surface area (Å²) in [5, 5.41) is 6.01. The lowest BCUT2D eigenvalue weighted by Gasteiger charge is -2.32. The summed E-state index contributed by atoms with van der Waals surface area (Å²) in [7, 11) is 3.95. The van der Waals surface area contributed by atoms with Crippen molar-refractivity contribution in [3.63, 3.8) is 0 Å². The summed E-state index contributed by atoms with van der Waals surface area (Å²) < 4.78 is 0. The highest BCUT2D eigenvalue weighted by Crippen LogP contribution is 2.25. The SMILES string of the molecule is CC(C)CC(=O)Nc1ccc(N(C)C)c(CN(C(=O)NC(C)(C)C)C(C)C)c1. The van der Waals surface area contributed by atoms with E-state index in [-0.39, 0.29) is 23.5 Å². The predicted molar refractivity (Wildman–Crippen MR) is 118 cm³/mol. The molecule has 2 N–H and O–H groups in total. The van der Waals surface area contributed by atoms with Crippen LogP contribution in [0.5, 0.6) is 0 Å². The van der Waals surface area contributed by atoms with Crippen LogP contribution in [0.4, 0.5) is 16.2 Å². The number of hydrogen-bond donors (Lipinski definition) is 2. The van der Waals surface area contributed by atoms with E-state index in [1.54, 1.807) is 0 Å². The van der Waals surface area contributed by atoms with Crippen molar-refractivity contribution in [1.82, 2.24) is 10.2 Å². The summed E-state index contributed by atoms with van der Waals surface area (Å²) in [5.74, 6) is 0.308. The van der Waals surface area contributed by atoms with E-state index in [0.717, 1.165) is 16.9 Å². The fourth-order valence-electron chi connectivity index (χ4n) is 2.87. The van der Waals surface area contributed by atoms with Crippen LogP contribution in [0.15, 0.2) is 18.2 Å².